The van der Waals surface area contributed by atoms with Gasteiger partial charge in [-0.3, -0.25) is 14.5 Å². The molecule has 0 aliphatic rings. The second-order valence-electron chi connectivity index (χ2n) is 4.35. The number of nitrogens with zero attached hydrogens (tertiary/aromatic N) is 3. The van der Waals surface area contributed by atoms with Gasteiger partial charge in [0.2, 0.25) is 0 Å². The van der Waals surface area contributed by atoms with Gasteiger partial charge in [0.25, 0.3) is 5.69 Å². The summed E-state index contributed by atoms with van der Waals surface area (Å²) in [6.07, 6.45) is 2.68. The summed E-state index contributed by atoms with van der Waals surface area (Å²) in [5.41, 5.74) is 8.24. The first kappa shape index (κ1) is 12.8. The highest BCUT2D eigenvalue weighted by atomic mass is 32.1. The van der Waals surface area contributed by atoms with Crippen molar-refractivity contribution in [3.05, 3.63) is 51.7 Å². The van der Waals surface area contributed by atoms with Gasteiger partial charge < -0.3 is 5.73 Å². The predicted octanol–water partition coefficient (Wildman–Crippen LogP) is 2.47. The lowest BCUT2D eigenvalue weighted by molar-refractivity contribution is -0.384. The first-order valence-corrected chi connectivity index (χ1v) is 6.97. The van der Waals surface area contributed by atoms with E-state index in [0.717, 1.165) is 28.3 Å². The molecule has 0 saturated heterocycles. The van der Waals surface area contributed by atoms with Crippen LogP contribution in [-0.4, -0.2) is 20.9 Å². The van der Waals surface area contributed by atoms with Crippen molar-refractivity contribution in [3.8, 4) is 11.3 Å². The van der Waals surface area contributed by atoms with Crippen LogP contribution in [0.2, 0.25) is 0 Å². The molecule has 102 valence electrons. The maximum Gasteiger partial charge on any atom is 0.270 e. The van der Waals surface area contributed by atoms with E-state index in [4.69, 9.17) is 5.73 Å². The zero-order valence-electron chi connectivity index (χ0n) is 10.5. The monoisotopic (exact) mass is 288 g/mol. The van der Waals surface area contributed by atoms with Gasteiger partial charge in [0.05, 0.1) is 10.6 Å². The average molecular weight is 288 g/mol. The van der Waals surface area contributed by atoms with Crippen molar-refractivity contribution in [3.63, 3.8) is 0 Å². The van der Waals surface area contributed by atoms with E-state index in [0.29, 0.717) is 6.54 Å². The molecule has 3 rings (SSSR count). The Morgan fingerprint density at radius 1 is 1.45 bits per heavy atom. The van der Waals surface area contributed by atoms with Crippen LogP contribution in [0.4, 0.5) is 5.69 Å². The van der Waals surface area contributed by atoms with E-state index in [1.54, 1.807) is 17.4 Å². The van der Waals surface area contributed by atoms with Crippen LogP contribution in [0.25, 0.3) is 16.2 Å². The molecule has 0 aliphatic carbocycles. The number of hydrogen-bond donors (Lipinski definition) is 1. The molecular weight excluding hydrogens is 276 g/mol. The molecule has 7 heteroatoms. The van der Waals surface area contributed by atoms with Crippen LogP contribution in [0.3, 0.4) is 0 Å². The van der Waals surface area contributed by atoms with E-state index in [1.807, 2.05) is 22.0 Å². The fourth-order valence-electron chi connectivity index (χ4n) is 2.07. The molecule has 0 amide bonds. The Balaban J connectivity index is 2.05. The first-order chi connectivity index (χ1) is 9.69. The number of rotatable bonds is 4. The van der Waals surface area contributed by atoms with Gasteiger partial charge in [0, 0.05) is 41.4 Å². The molecule has 6 nitrogen and oxygen atoms in total. The molecule has 2 heterocycles. The third-order valence-electron chi connectivity index (χ3n) is 3.04. The second-order valence-corrected chi connectivity index (χ2v) is 5.19. The van der Waals surface area contributed by atoms with Crippen LogP contribution in [0, 0.1) is 10.1 Å². The summed E-state index contributed by atoms with van der Waals surface area (Å²) >= 11 is 1.54. The quantitative estimate of drug-likeness (QED) is 0.590. The standard InChI is InChI=1S/C13H12N4O2S/c14-5-4-11-8-20-13-15-12(7-16(11)13)9-2-1-3-10(6-9)17(18)19/h1-3,6-8H,4-5,14H2. The Morgan fingerprint density at radius 3 is 3.05 bits per heavy atom. The van der Waals surface area contributed by atoms with E-state index in [9.17, 15) is 10.1 Å². The highest BCUT2D eigenvalue weighted by Gasteiger charge is 2.12. The lowest BCUT2D eigenvalue weighted by atomic mass is 10.1. The number of nitro benzene ring substituents is 1. The summed E-state index contributed by atoms with van der Waals surface area (Å²) in [7, 11) is 0. The van der Waals surface area contributed by atoms with Gasteiger partial charge in [-0.2, -0.15) is 0 Å². The molecule has 3 aromatic rings. The Morgan fingerprint density at radius 2 is 2.30 bits per heavy atom. The molecule has 0 radical (unpaired) electrons. The normalized spacial score (nSPS) is 11.1. The molecule has 0 aliphatic heterocycles. The summed E-state index contributed by atoms with van der Waals surface area (Å²) in [4.78, 5) is 15.8. The van der Waals surface area contributed by atoms with Gasteiger partial charge in [-0.25, -0.2) is 4.98 Å². The lowest BCUT2D eigenvalue weighted by Gasteiger charge is -1.97. The first-order valence-electron chi connectivity index (χ1n) is 6.09. The predicted molar refractivity (Wildman–Crippen MR) is 77.9 cm³/mol. The molecule has 1 aromatic carbocycles. The van der Waals surface area contributed by atoms with E-state index in [2.05, 4.69) is 4.98 Å². The molecule has 0 spiro atoms. The van der Waals surface area contributed by atoms with Crippen molar-refractivity contribution in [1.29, 1.82) is 0 Å². The molecule has 2 aromatic heterocycles. The van der Waals surface area contributed by atoms with Gasteiger partial charge in [0.15, 0.2) is 4.96 Å². The SMILES string of the molecule is NCCc1csc2nc(-c3cccc([N+](=O)[O-])c3)cn12. The number of thiazole rings is 1. The number of fused-ring (bicyclic) bond motifs is 1. The maximum absolute atomic E-state index is 10.8. The Hall–Kier alpha value is -2.25. The zero-order chi connectivity index (χ0) is 14.1. The Labute approximate surface area is 118 Å². The summed E-state index contributed by atoms with van der Waals surface area (Å²) < 4.78 is 1.99. The molecule has 2 N–H and O–H groups in total. The largest absolute Gasteiger partial charge is 0.330 e. The van der Waals surface area contributed by atoms with Crippen LogP contribution < -0.4 is 5.73 Å². The minimum atomic E-state index is -0.401. The zero-order valence-corrected chi connectivity index (χ0v) is 11.3. The van der Waals surface area contributed by atoms with Crippen molar-refractivity contribution in [2.45, 2.75) is 6.42 Å². The van der Waals surface area contributed by atoms with Gasteiger partial charge in [0.1, 0.15) is 0 Å². The summed E-state index contributed by atoms with van der Waals surface area (Å²) in [5, 5.41) is 12.8. The number of aromatic nitrogens is 2. The summed E-state index contributed by atoms with van der Waals surface area (Å²) in [6, 6.07) is 6.50. The van der Waals surface area contributed by atoms with Gasteiger partial charge in [-0.05, 0) is 6.54 Å². The summed E-state index contributed by atoms with van der Waals surface area (Å²) in [5.74, 6) is 0. The van der Waals surface area contributed by atoms with Crippen molar-refractivity contribution in [2.24, 2.45) is 5.73 Å². The minimum absolute atomic E-state index is 0.0704. The van der Waals surface area contributed by atoms with Crippen LogP contribution in [0.1, 0.15) is 5.69 Å². The molecule has 0 atom stereocenters. The highest BCUT2D eigenvalue weighted by molar-refractivity contribution is 7.15. The fourth-order valence-corrected chi connectivity index (χ4v) is 2.98. The molecular formula is C13H12N4O2S. The van der Waals surface area contributed by atoms with Gasteiger partial charge in [-0.15, -0.1) is 11.3 Å². The smallest absolute Gasteiger partial charge is 0.270 e. The van der Waals surface area contributed by atoms with Crippen molar-refractivity contribution >= 4 is 22.0 Å². The molecule has 0 fully saturated rings. The maximum atomic E-state index is 10.8. The summed E-state index contributed by atoms with van der Waals surface area (Å²) in [6.45, 7) is 0.580. The molecule has 0 saturated carbocycles. The Kier molecular flexibility index (Phi) is 3.21. The van der Waals surface area contributed by atoms with Crippen LogP contribution in [0.5, 0.6) is 0 Å². The van der Waals surface area contributed by atoms with Crippen LogP contribution >= 0.6 is 11.3 Å². The molecule has 20 heavy (non-hydrogen) atoms. The third-order valence-corrected chi connectivity index (χ3v) is 3.93. The van der Waals surface area contributed by atoms with Gasteiger partial charge >= 0.3 is 0 Å². The van der Waals surface area contributed by atoms with Crippen molar-refractivity contribution in [1.82, 2.24) is 9.38 Å². The van der Waals surface area contributed by atoms with E-state index < -0.39 is 4.92 Å². The van der Waals surface area contributed by atoms with Gasteiger partial charge in [-0.1, -0.05) is 12.1 Å². The number of nitrogens with two attached hydrogens (primary N) is 1. The topological polar surface area (TPSA) is 86.5 Å². The highest BCUT2D eigenvalue weighted by Crippen LogP contribution is 2.26. The van der Waals surface area contributed by atoms with Crippen LogP contribution in [-0.2, 0) is 6.42 Å². The number of imidazole rings is 1. The number of benzene rings is 1. The van der Waals surface area contributed by atoms with Crippen molar-refractivity contribution < 1.29 is 4.92 Å². The number of non-ortho nitro benzene ring substituents is 1. The Bertz CT molecular complexity index is 778. The van der Waals surface area contributed by atoms with E-state index in [1.165, 1.54) is 12.1 Å². The van der Waals surface area contributed by atoms with E-state index in [-0.39, 0.29) is 5.69 Å². The lowest BCUT2D eigenvalue weighted by Crippen LogP contribution is -2.04. The number of hydrogen-bond acceptors (Lipinski definition) is 5. The third kappa shape index (κ3) is 2.17. The van der Waals surface area contributed by atoms with Crippen molar-refractivity contribution in [2.75, 3.05) is 6.54 Å². The second kappa shape index (κ2) is 5.03. The fraction of sp³-hybridized carbons (Fsp3) is 0.154. The molecule has 0 bridgehead atoms. The molecule has 0 unspecified atom stereocenters. The average Bonchev–Trinajstić information content (AvgIpc) is 3.01. The number of nitro groups is 1. The van der Waals surface area contributed by atoms with Crippen LogP contribution in [0.15, 0.2) is 35.8 Å². The van der Waals surface area contributed by atoms with E-state index >= 15 is 0 Å². The minimum Gasteiger partial charge on any atom is -0.330 e.